The average molecular weight is 328 g/mol. The SMILES string of the molecule is Clc1ccc2c3cc4ccccc4cc3n(-c3ccccc3)c2c1. The molecule has 0 amide bonds. The van der Waals surface area contributed by atoms with Crippen molar-refractivity contribution < 1.29 is 0 Å². The van der Waals surface area contributed by atoms with Gasteiger partial charge in [0.2, 0.25) is 0 Å². The van der Waals surface area contributed by atoms with Crippen LogP contribution in [0.25, 0.3) is 38.3 Å². The first-order chi connectivity index (χ1) is 11.8. The van der Waals surface area contributed by atoms with Crippen LogP contribution in [-0.4, -0.2) is 4.57 Å². The van der Waals surface area contributed by atoms with Gasteiger partial charge >= 0.3 is 0 Å². The van der Waals surface area contributed by atoms with Gasteiger partial charge in [-0.25, -0.2) is 0 Å². The lowest BCUT2D eigenvalue weighted by molar-refractivity contribution is 1.18. The number of fused-ring (bicyclic) bond motifs is 4. The maximum absolute atomic E-state index is 6.30. The minimum absolute atomic E-state index is 0.757. The normalized spacial score (nSPS) is 11.5. The van der Waals surface area contributed by atoms with Gasteiger partial charge < -0.3 is 4.57 Å². The first kappa shape index (κ1) is 13.6. The summed E-state index contributed by atoms with van der Waals surface area (Å²) in [6.45, 7) is 0. The molecule has 1 nitrogen and oxygen atoms in total. The van der Waals surface area contributed by atoms with Gasteiger partial charge in [0, 0.05) is 21.5 Å². The van der Waals surface area contributed by atoms with Crippen LogP contribution < -0.4 is 0 Å². The van der Waals surface area contributed by atoms with Crippen LogP contribution in [0, 0.1) is 0 Å². The van der Waals surface area contributed by atoms with Gasteiger partial charge in [-0.3, -0.25) is 0 Å². The minimum atomic E-state index is 0.757. The Kier molecular flexibility index (Phi) is 2.91. The second-order valence-electron chi connectivity index (χ2n) is 6.05. The van der Waals surface area contributed by atoms with Gasteiger partial charge in [0.25, 0.3) is 0 Å². The van der Waals surface area contributed by atoms with Gasteiger partial charge in [0.1, 0.15) is 0 Å². The highest BCUT2D eigenvalue weighted by Crippen LogP contribution is 2.35. The average Bonchev–Trinajstić information content (AvgIpc) is 2.93. The van der Waals surface area contributed by atoms with E-state index < -0.39 is 0 Å². The lowest BCUT2D eigenvalue weighted by Gasteiger charge is -2.08. The van der Waals surface area contributed by atoms with E-state index in [4.69, 9.17) is 11.6 Å². The lowest BCUT2D eigenvalue weighted by atomic mass is 10.1. The van der Waals surface area contributed by atoms with E-state index >= 15 is 0 Å². The third kappa shape index (κ3) is 1.95. The van der Waals surface area contributed by atoms with E-state index in [1.807, 2.05) is 12.1 Å². The smallest absolute Gasteiger partial charge is 0.0555 e. The summed E-state index contributed by atoms with van der Waals surface area (Å²) >= 11 is 6.30. The van der Waals surface area contributed by atoms with E-state index in [0.717, 1.165) is 16.2 Å². The zero-order valence-corrected chi connectivity index (χ0v) is 13.7. The maximum atomic E-state index is 6.30. The fraction of sp³-hybridized carbons (Fsp3) is 0. The summed E-state index contributed by atoms with van der Waals surface area (Å²) in [5.74, 6) is 0. The number of benzene rings is 4. The monoisotopic (exact) mass is 327 g/mol. The molecular weight excluding hydrogens is 314 g/mol. The summed E-state index contributed by atoms with van der Waals surface area (Å²) in [5, 5.41) is 5.74. The molecule has 4 aromatic carbocycles. The van der Waals surface area contributed by atoms with Crippen LogP contribution in [0.3, 0.4) is 0 Å². The van der Waals surface area contributed by atoms with Crippen molar-refractivity contribution in [2.24, 2.45) is 0 Å². The van der Waals surface area contributed by atoms with E-state index in [-0.39, 0.29) is 0 Å². The third-order valence-electron chi connectivity index (χ3n) is 4.61. The molecule has 2 heteroatoms. The van der Waals surface area contributed by atoms with Gasteiger partial charge in [-0.05, 0) is 47.2 Å². The third-order valence-corrected chi connectivity index (χ3v) is 4.85. The summed E-state index contributed by atoms with van der Waals surface area (Å²) in [4.78, 5) is 0. The minimum Gasteiger partial charge on any atom is -0.309 e. The Hall–Kier alpha value is -2.77. The van der Waals surface area contributed by atoms with Gasteiger partial charge in [0.05, 0.1) is 11.0 Å². The van der Waals surface area contributed by atoms with Gasteiger partial charge in [-0.15, -0.1) is 0 Å². The van der Waals surface area contributed by atoms with Gasteiger partial charge in [0.15, 0.2) is 0 Å². The molecule has 0 radical (unpaired) electrons. The molecule has 0 saturated carbocycles. The quantitative estimate of drug-likeness (QED) is 0.327. The molecule has 114 valence electrons. The van der Waals surface area contributed by atoms with Crippen LogP contribution in [0.5, 0.6) is 0 Å². The number of halogens is 1. The van der Waals surface area contributed by atoms with Crippen LogP contribution >= 0.6 is 11.6 Å². The Labute approximate surface area is 144 Å². The van der Waals surface area contributed by atoms with E-state index in [1.54, 1.807) is 0 Å². The molecule has 0 bridgehead atoms. The van der Waals surface area contributed by atoms with Crippen molar-refractivity contribution in [3.63, 3.8) is 0 Å². The largest absolute Gasteiger partial charge is 0.309 e. The Morgan fingerprint density at radius 2 is 1.25 bits per heavy atom. The Morgan fingerprint density at radius 1 is 0.583 bits per heavy atom. The molecule has 0 fully saturated rings. The molecule has 0 aliphatic heterocycles. The van der Waals surface area contributed by atoms with E-state index in [2.05, 4.69) is 77.4 Å². The number of nitrogens with zero attached hydrogens (tertiary/aromatic N) is 1. The second-order valence-corrected chi connectivity index (χ2v) is 6.49. The number of hydrogen-bond acceptors (Lipinski definition) is 0. The van der Waals surface area contributed by atoms with E-state index in [9.17, 15) is 0 Å². The standard InChI is InChI=1S/C22H14ClN/c23-17-10-11-19-20-12-15-6-4-5-7-16(15)13-21(20)24(22(19)14-17)18-8-2-1-3-9-18/h1-14H. The van der Waals surface area contributed by atoms with Crippen molar-refractivity contribution >= 4 is 44.2 Å². The maximum Gasteiger partial charge on any atom is 0.0555 e. The predicted molar refractivity (Wildman–Crippen MR) is 103 cm³/mol. The Bertz CT molecular complexity index is 1200. The first-order valence-electron chi connectivity index (χ1n) is 7.99. The lowest BCUT2D eigenvalue weighted by Crippen LogP contribution is -1.93. The number of hydrogen-bond donors (Lipinski definition) is 0. The number of aromatic nitrogens is 1. The van der Waals surface area contributed by atoms with Crippen molar-refractivity contribution in [2.45, 2.75) is 0 Å². The molecular formula is C22H14ClN. The van der Waals surface area contributed by atoms with Crippen LogP contribution in [0.4, 0.5) is 0 Å². The molecule has 0 spiro atoms. The van der Waals surface area contributed by atoms with E-state index in [0.29, 0.717) is 0 Å². The summed E-state index contributed by atoms with van der Waals surface area (Å²) in [6.07, 6.45) is 0. The van der Waals surface area contributed by atoms with Crippen LogP contribution in [0.2, 0.25) is 5.02 Å². The fourth-order valence-electron chi connectivity index (χ4n) is 3.53. The zero-order valence-electron chi connectivity index (χ0n) is 12.9. The highest BCUT2D eigenvalue weighted by atomic mass is 35.5. The molecule has 0 saturated heterocycles. The highest BCUT2D eigenvalue weighted by molar-refractivity contribution is 6.31. The number of para-hydroxylation sites is 1. The van der Waals surface area contributed by atoms with Gasteiger partial charge in [-0.1, -0.05) is 60.1 Å². The highest BCUT2D eigenvalue weighted by Gasteiger charge is 2.13. The van der Waals surface area contributed by atoms with E-state index in [1.165, 1.54) is 27.1 Å². The first-order valence-corrected chi connectivity index (χ1v) is 8.37. The Morgan fingerprint density at radius 3 is 2.04 bits per heavy atom. The van der Waals surface area contributed by atoms with Crippen LogP contribution in [0.1, 0.15) is 0 Å². The molecule has 1 heterocycles. The molecule has 1 aromatic heterocycles. The summed E-state index contributed by atoms with van der Waals surface area (Å²) in [7, 11) is 0. The molecule has 0 N–H and O–H groups in total. The van der Waals surface area contributed by atoms with Crippen molar-refractivity contribution in [2.75, 3.05) is 0 Å². The molecule has 5 rings (SSSR count). The fourth-order valence-corrected chi connectivity index (χ4v) is 3.70. The van der Waals surface area contributed by atoms with Crippen LogP contribution in [-0.2, 0) is 0 Å². The predicted octanol–water partition coefficient (Wildman–Crippen LogP) is 6.59. The molecule has 0 atom stereocenters. The van der Waals surface area contributed by atoms with Gasteiger partial charge in [-0.2, -0.15) is 0 Å². The molecule has 0 aliphatic rings. The topological polar surface area (TPSA) is 4.93 Å². The summed E-state index contributed by atoms with van der Waals surface area (Å²) < 4.78 is 2.29. The zero-order chi connectivity index (χ0) is 16.1. The Balaban J connectivity index is 2.03. The molecule has 24 heavy (non-hydrogen) atoms. The molecule has 0 unspecified atom stereocenters. The number of rotatable bonds is 1. The van der Waals surface area contributed by atoms with Crippen LogP contribution in [0.15, 0.2) is 84.9 Å². The van der Waals surface area contributed by atoms with Crippen molar-refractivity contribution in [3.05, 3.63) is 90.0 Å². The molecule has 5 aromatic rings. The molecule has 0 aliphatic carbocycles. The summed E-state index contributed by atoms with van der Waals surface area (Å²) in [5.41, 5.74) is 3.49. The summed E-state index contributed by atoms with van der Waals surface area (Å²) in [6, 6.07) is 29.6. The van der Waals surface area contributed by atoms with Crippen molar-refractivity contribution in [3.8, 4) is 5.69 Å². The van der Waals surface area contributed by atoms with Crippen molar-refractivity contribution in [1.82, 2.24) is 4.57 Å². The second kappa shape index (κ2) is 5.12. The van der Waals surface area contributed by atoms with Crippen molar-refractivity contribution in [1.29, 1.82) is 0 Å².